The number of ether oxygens (including phenoxy) is 1. The van der Waals surface area contributed by atoms with Crippen molar-refractivity contribution in [2.75, 3.05) is 35.3 Å². The first kappa shape index (κ1) is 30.7. The fraction of sp³-hybridized carbons (Fsp3) is 0.294. The Morgan fingerprint density at radius 2 is 1.58 bits per heavy atom. The van der Waals surface area contributed by atoms with E-state index in [1.54, 1.807) is 31.4 Å². The number of anilines is 3. The van der Waals surface area contributed by atoms with Gasteiger partial charge in [0.1, 0.15) is 17.5 Å². The smallest absolute Gasteiger partial charge is 0.308 e. The first-order valence-electron chi connectivity index (χ1n) is 14.9. The monoisotopic (exact) mass is 642 g/mol. The number of thiazole rings is 1. The van der Waals surface area contributed by atoms with Crippen molar-refractivity contribution in [3.8, 4) is 5.75 Å². The molecule has 1 N–H and O–H groups in total. The molecule has 0 spiro atoms. The molecule has 3 unspecified atom stereocenters. The Bertz CT molecular complexity index is 1790. The second-order valence-corrected chi connectivity index (χ2v) is 13.2. The molecule has 232 valence electrons. The molecule has 6 rings (SSSR count). The average molecular weight is 643 g/mol. The summed E-state index contributed by atoms with van der Waals surface area (Å²) >= 11 is 2.25. The third kappa shape index (κ3) is 5.66. The van der Waals surface area contributed by atoms with Gasteiger partial charge < -0.3 is 15.0 Å². The summed E-state index contributed by atoms with van der Waals surface area (Å²) in [6.07, 6.45) is 0. The number of nitrogens with zero attached hydrogens (tertiary/aromatic N) is 3. The predicted molar refractivity (Wildman–Crippen MR) is 179 cm³/mol. The van der Waals surface area contributed by atoms with Crippen LogP contribution in [0.25, 0.3) is 0 Å². The van der Waals surface area contributed by atoms with Crippen LogP contribution in [0.1, 0.15) is 35.8 Å². The van der Waals surface area contributed by atoms with Crippen molar-refractivity contribution in [1.29, 1.82) is 0 Å². The number of imide groups is 1. The van der Waals surface area contributed by atoms with Gasteiger partial charge in [0.05, 0.1) is 23.7 Å². The van der Waals surface area contributed by atoms with E-state index >= 15 is 0 Å². The van der Waals surface area contributed by atoms with Crippen LogP contribution < -0.4 is 24.7 Å². The fourth-order valence-electron chi connectivity index (χ4n) is 6.06. The zero-order valence-corrected chi connectivity index (χ0v) is 27.1. The third-order valence-electron chi connectivity index (χ3n) is 8.40. The highest BCUT2D eigenvalue weighted by molar-refractivity contribution is 8.00. The maximum absolute atomic E-state index is 14.2. The van der Waals surface area contributed by atoms with Gasteiger partial charge in [0.2, 0.25) is 17.7 Å². The number of aromatic nitrogens is 1. The van der Waals surface area contributed by atoms with E-state index in [-0.39, 0.29) is 29.1 Å². The lowest BCUT2D eigenvalue weighted by molar-refractivity contribution is -0.122. The number of carbonyl (C=O) groups excluding carboxylic acids is 3. The second-order valence-electron chi connectivity index (χ2n) is 11.1. The van der Waals surface area contributed by atoms with Gasteiger partial charge in [0.25, 0.3) is 0 Å². The summed E-state index contributed by atoms with van der Waals surface area (Å²) in [5.41, 5.74) is 4.07. The normalized spacial score (nSPS) is 18.8. The lowest BCUT2D eigenvalue weighted by Crippen LogP contribution is -2.33. The van der Waals surface area contributed by atoms with Crippen molar-refractivity contribution in [1.82, 2.24) is 4.57 Å². The molecule has 0 radical (unpaired) electrons. The van der Waals surface area contributed by atoms with Crippen molar-refractivity contribution in [3.63, 3.8) is 0 Å². The number of nitrogens with one attached hydrogen (secondary N) is 1. The highest BCUT2D eigenvalue weighted by Gasteiger charge is 2.56. The molecule has 2 aliphatic heterocycles. The Morgan fingerprint density at radius 3 is 2.20 bits per heavy atom. The number of hydrogen-bond donors (Lipinski definition) is 1. The molecule has 3 amide bonds. The van der Waals surface area contributed by atoms with Crippen LogP contribution in [0, 0.1) is 12.8 Å². The molecule has 3 aromatic carbocycles. The average Bonchev–Trinajstić information content (AvgIpc) is 3.49. The number of benzene rings is 3. The lowest BCUT2D eigenvalue weighted by Gasteiger charge is -2.31. The number of fused-ring (bicyclic) bond motifs is 2. The van der Waals surface area contributed by atoms with Gasteiger partial charge in [-0.1, -0.05) is 52.9 Å². The van der Waals surface area contributed by atoms with Gasteiger partial charge in [-0.15, -0.1) is 0 Å². The standard InChI is InChI=1S/C34H34N4O5S2/c1-5-36(6-2)23-13-9-21(10-14-23)27-28-29(32(41)38(31(28)40)24-15-17-25(43-4)18-16-24)44-33-30(27)45-34(42)37(33)19-26(39)35-22-11-7-20(3)8-12-22/h7-18,27-29H,5-6,19H2,1-4H3,(H,35,39). The van der Waals surface area contributed by atoms with Crippen LogP contribution in [0.3, 0.4) is 0 Å². The number of hydrogen-bond acceptors (Lipinski definition) is 8. The first-order chi connectivity index (χ1) is 21.7. The van der Waals surface area contributed by atoms with Gasteiger partial charge in [0, 0.05) is 35.3 Å². The summed E-state index contributed by atoms with van der Waals surface area (Å²) in [5.74, 6) is -1.63. The first-order valence-corrected chi connectivity index (χ1v) is 16.6. The molecule has 1 aromatic heterocycles. The molecule has 9 nitrogen and oxygen atoms in total. The van der Waals surface area contributed by atoms with Crippen molar-refractivity contribution in [2.45, 2.75) is 43.5 Å². The van der Waals surface area contributed by atoms with Crippen LogP contribution in [0.15, 0.2) is 82.6 Å². The van der Waals surface area contributed by atoms with Crippen molar-refractivity contribution in [3.05, 3.63) is 98.5 Å². The van der Waals surface area contributed by atoms with E-state index in [4.69, 9.17) is 4.74 Å². The molecular weight excluding hydrogens is 609 g/mol. The molecule has 1 saturated heterocycles. The van der Waals surface area contributed by atoms with Crippen molar-refractivity contribution < 1.29 is 19.1 Å². The molecule has 45 heavy (non-hydrogen) atoms. The predicted octanol–water partition coefficient (Wildman–Crippen LogP) is 5.51. The van der Waals surface area contributed by atoms with E-state index in [0.29, 0.717) is 27.0 Å². The minimum atomic E-state index is -0.764. The molecule has 3 heterocycles. The quantitative estimate of drug-likeness (QED) is 0.241. The number of aryl methyl sites for hydroxylation is 1. The van der Waals surface area contributed by atoms with Gasteiger partial charge in [-0.3, -0.25) is 23.7 Å². The summed E-state index contributed by atoms with van der Waals surface area (Å²) in [4.78, 5) is 58.6. The van der Waals surface area contributed by atoms with Gasteiger partial charge in [-0.25, -0.2) is 4.90 Å². The van der Waals surface area contributed by atoms with Crippen LogP contribution in [0.5, 0.6) is 5.75 Å². The lowest BCUT2D eigenvalue weighted by atomic mass is 9.83. The van der Waals surface area contributed by atoms with E-state index < -0.39 is 17.1 Å². The number of thioether (sulfide) groups is 1. The SMILES string of the molecule is CCN(CC)c1ccc(C2c3sc(=O)n(CC(=O)Nc4ccc(C)cc4)c3SC3C(=O)N(c4ccc(OC)cc4)C(=O)C32)cc1. The van der Waals surface area contributed by atoms with Crippen LogP contribution >= 0.6 is 23.1 Å². The Balaban J connectivity index is 1.40. The third-order valence-corrected chi connectivity index (χ3v) is 11.0. The summed E-state index contributed by atoms with van der Waals surface area (Å²) in [7, 11) is 1.56. The van der Waals surface area contributed by atoms with Gasteiger partial charge in [0.15, 0.2) is 0 Å². The van der Waals surface area contributed by atoms with Crippen LogP contribution in [-0.2, 0) is 20.9 Å². The Hall–Kier alpha value is -4.35. The molecule has 11 heteroatoms. The molecule has 3 atom stereocenters. The Kier molecular flexibility index (Phi) is 8.56. The maximum atomic E-state index is 14.2. The minimum absolute atomic E-state index is 0.207. The highest BCUT2D eigenvalue weighted by Crippen LogP contribution is 2.54. The summed E-state index contributed by atoms with van der Waals surface area (Å²) in [5, 5.41) is 2.66. The van der Waals surface area contributed by atoms with E-state index in [1.807, 2.05) is 55.5 Å². The largest absolute Gasteiger partial charge is 0.497 e. The zero-order valence-electron chi connectivity index (χ0n) is 25.5. The number of amides is 3. The van der Waals surface area contributed by atoms with Crippen LogP contribution in [0.2, 0.25) is 0 Å². The highest BCUT2D eigenvalue weighted by atomic mass is 32.2. The molecule has 0 bridgehead atoms. The molecule has 0 saturated carbocycles. The minimum Gasteiger partial charge on any atom is -0.497 e. The van der Waals surface area contributed by atoms with Crippen molar-refractivity contribution in [2.24, 2.45) is 5.92 Å². The van der Waals surface area contributed by atoms with Gasteiger partial charge in [-0.05, 0) is 74.9 Å². The number of methoxy groups -OCH3 is 1. The van der Waals surface area contributed by atoms with E-state index in [9.17, 15) is 19.2 Å². The summed E-state index contributed by atoms with van der Waals surface area (Å²) in [6, 6.07) is 22.3. The topological polar surface area (TPSA) is 101 Å². The van der Waals surface area contributed by atoms with E-state index in [0.717, 1.165) is 41.2 Å². The number of rotatable bonds is 9. The summed E-state index contributed by atoms with van der Waals surface area (Å²) < 4.78 is 6.71. The second kappa shape index (κ2) is 12.6. The molecule has 2 aliphatic rings. The van der Waals surface area contributed by atoms with Gasteiger partial charge >= 0.3 is 4.87 Å². The van der Waals surface area contributed by atoms with Crippen molar-refractivity contribution >= 4 is 57.9 Å². The molecule has 1 fully saturated rings. The maximum Gasteiger partial charge on any atom is 0.308 e. The van der Waals surface area contributed by atoms with Gasteiger partial charge in [-0.2, -0.15) is 0 Å². The van der Waals surface area contributed by atoms with Crippen LogP contribution in [0.4, 0.5) is 17.1 Å². The molecule has 4 aromatic rings. The molecule has 0 aliphatic carbocycles. The summed E-state index contributed by atoms with van der Waals surface area (Å²) in [6.45, 7) is 7.65. The zero-order chi connectivity index (χ0) is 31.8. The Labute approximate surface area is 269 Å². The fourth-order valence-corrected chi connectivity index (χ4v) is 8.84. The van der Waals surface area contributed by atoms with E-state index in [1.165, 1.54) is 21.2 Å². The molecular formula is C34H34N4O5S2. The Morgan fingerprint density at radius 1 is 0.911 bits per heavy atom. The van der Waals surface area contributed by atoms with E-state index in [2.05, 4.69) is 24.1 Å². The number of carbonyl (C=O) groups is 3. The van der Waals surface area contributed by atoms with Crippen LogP contribution in [-0.4, -0.2) is 47.7 Å².